The number of rotatable bonds is 2. The van der Waals surface area contributed by atoms with E-state index >= 15 is 0 Å². The maximum atomic E-state index is 12.9. The number of hydrogen-bond acceptors (Lipinski definition) is 3. The van der Waals surface area contributed by atoms with Crippen molar-refractivity contribution in [3.63, 3.8) is 0 Å². The van der Waals surface area contributed by atoms with Crippen LogP contribution < -0.4 is 5.73 Å². The first kappa shape index (κ1) is 15.8. The molecule has 0 saturated carbocycles. The molecular formula is C11H6F6N4O. The second kappa shape index (κ2) is 5.00. The van der Waals surface area contributed by atoms with Gasteiger partial charge < -0.3 is 5.73 Å². The van der Waals surface area contributed by atoms with Crippen molar-refractivity contribution in [2.75, 3.05) is 0 Å². The Morgan fingerprint density at radius 1 is 1.14 bits per heavy atom. The molecular weight excluding hydrogens is 318 g/mol. The minimum atomic E-state index is -4.96. The molecule has 2 aromatic rings. The topological polar surface area (TPSA) is 73.8 Å². The first-order chi connectivity index (χ1) is 10.0. The minimum Gasteiger partial charge on any atom is -0.364 e. The number of alkyl halides is 6. The highest BCUT2D eigenvalue weighted by Crippen LogP contribution is 2.34. The molecule has 0 radical (unpaired) electrons. The van der Waals surface area contributed by atoms with Crippen molar-refractivity contribution in [1.82, 2.24) is 14.8 Å². The zero-order valence-electron chi connectivity index (χ0n) is 10.4. The van der Waals surface area contributed by atoms with Crippen LogP contribution in [0, 0.1) is 0 Å². The van der Waals surface area contributed by atoms with Crippen molar-refractivity contribution in [3.05, 3.63) is 41.3 Å². The molecule has 0 fully saturated rings. The fraction of sp³-hybridized carbons (Fsp3) is 0.182. The van der Waals surface area contributed by atoms with Gasteiger partial charge in [0.15, 0.2) is 11.5 Å². The van der Waals surface area contributed by atoms with E-state index in [0.717, 1.165) is 12.3 Å². The first-order valence-electron chi connectivity index (χ1n) is 5.51. The third-order valence-corrected chi connectivity index (χ3v) is 2.54. The average Bonchev–Trinajstić information content (AvgIpc) is 2.82. The average molecular weight is 324 g/mol. The van der Waals surface area contributed by atoms with E-state index in [2.05, 4.69) is 10.1 Å². The third-order valence-electron chi connectivity index (χ3n) is 2.54. The number of nitrogens with two attached hydrogens (primary N) is 1. The van der Waals surface area contributed by atoms with Gasteiger partial charge in [-0.05, 0) is 12.1 Å². The molecule has 2 heterocycles. The SMILES string of the molecule is NC(=O)c1cc(C(F)(F)F)nn1-c1ncccc1C(F)(F)F. The highest BCUT2D eigenvalue weighted by Gasteiger charge is 2.39. The van der Waals surface area contributed by atoms with Crippen LogP contribution in [0.3, 0.4) is 0 Å². The largest absolute Gasteiger partial charge is 0.435 e. The van der Waals surface area contributed by atoms with E-state index in [1.54, 1.807) is 0 Å². The Bertz CT molecular complexity index is 718. The lowest BCUT2D eigenvalue weighted by Gasteiger charge is -2.12. The summed E-state index contributed by atoms with van der Waals surface area (Å²) in [7, 11) is 0. The molecule has 0 saturated heterocycles. The molecule has 22 heavy (non-hydrogen) atoms. The maximum Gasteiger partial charge on any atom is 0.435 e. The maximum absolute atomic E-state index is 12.9. The van der Waals surface area contributed by atoms with E-state index in [1.807, 2.05) is 0 Å². The molecule has 1 amide bonds. The van der Waals surface area contributed by atoms with Gasteiger partial charge in [0, 0.05) is 12.3 Å². The molecule has 0 spiro atoms. The van der Waals surface area contributed by atoms with Crippen molar-refractivity contribution >= 4 is 5.91 Å². The molecule has 2 aromatic heterocycles. The summed E-state index contributed by atoms with van der Waals surface area (Å²) in [6.07, 6.45) is -8.93. The molecule has 0 bridgehead atoms. The predicted octanol–water partition coefficient (Wildman–Crippen LogP) is 2.40. The molecule has 0 aliphatic rings. The normalized spacial score (nSPS) is 12.5. The standard InChI is InChI=1S/C11H6F6N4O/c12-10(13,14)5-2-1-3-19-9(5)21-6(8(18)22)4-7(20-21)11(15,16)17/h1-4H,(H2,18,22). The zero-order valence-corrected chi connectivity index (χ0v) is 10.4. The van der Waals surface area contributed by atoms with Gasteiger partial charge >= 0.3 is 12.4 Å². The van der Waals surface area contributed by atoms with Crippen LogP contribution in [0.2, 0.25) is 0 Å². The van der Waals surface area contributed by atoms with Gasteiger partial charge in [0.05, 0.1) is 0 Å². The fourth-order valence-electron chi connectivity index (χ4n) is 1.64. The Labute approximate surface area is 118 Å². The summed E-state index contributed by atoms with van der Waals surface area (Å²) < 4.78 is 76.7. The molecule has 118 valence electrons. The number of hydrogen-bond donors (Lipinski definition) is 1. The lowest BCUT2D eigenvalue weighted by Crippen LogP contribution is -2.20. The number of aromatic nitrogens is 3. The molecule has 2 N–H and O–H groups in total. The Hall–Kier alpha value is -2.59. The molecule has 11 heteroatoms. The fourth-order valence-corrected chi connectivity index (χ4v) is 1.64. The monoisotopic (exact) mass is 324 g/mol. The lowest BCUT2D eigenvalue weighted by atomic mass is 10.2. The van der Waals surface area contributed by atoms with Gasteiger partial charge in [-0.1, -0.05) is 0 Å². The summed E-state index contributed by atoms with van der Waals surface area (Å²) in [5, 5.41) is 2.98. The minimum absolute atomic E-state index is 0.133. The van der Waals surface area contributed by atoms with Crippen LogP contribution in [0.1, 0.15) is 21.7 Å². The van der Waals surface area contributed by atoms with Crippen LogP contribution in [-0.2, 0) is 12.4 Å². The van der Waals surface area contributed by atoms with Gasteiger partial charge in [0.1, 0.15) is 11.3 Å². The van der Waals surface area contributed by atoms with Gasteiger partial charge in [0.2, 0.25) is 0 Å². The van der Waals surface area contributed by atoms with Gasteiger partial charge in [-0.2, -0.15) is 31.4 Å². The Morgan fingerprint density at radius 3 is 2.27 bits per heavy atom. The van der Waals surface area contributed by atoms with Gasteiger partial charge in [0.25, 0.3) is 5.91 Å². The van der Waals surface area contributed by atoms with Crippen LogP contribution in [0.15, 0.2) is 24.4 Å². The number of carbonyl (C=O) groups is 1. The molecule has 0 aliphatic heterocycles. The van der Waals surface area contributed by atoms with Crippen LogP contribution in [0.5, 0.6) is 0 Å². The molecule has 0 aliphatic carbocycles. The van der Waals surface area contributed by atoms with Crippen molar-refractivity contribution < 1.29 is 31.1 Å². The number of pyridine rings is 1. The zero-order chi connectivity index (χ0) is 16.7. The summed E-state index contributed by atoms with van der Waals surface area (Å²) in [4.78, 5) is 14.5. The molecule has 0 unspecified atom stereocenters. The van der Waals surface area contributed by atoms with Crippen LogP contribution in [0.4, 0.5) is 26.3 Å². The molecule has 0 aromatic carbocycles. The van der Waals surface area contributed by atoms with Crippen molar-refractivity contribution in [2.45, 2.75) is 12.4 Å². The van der Waals surface area contributed by atoms with Crippen molar-refractivity contribution in [2.24, 2.45) is 5.73 Å². The number of halogens is 6. The van der Waals surface area contributed by atoms with E-state index in [-0.39, 0.29) is 10.7 Å². The number of nitrogens with zero attached hydrogens (tertiary/aromatic N) is 3. The Kier molecular flexibility index (Phi) is 3.59. The second-order valence-corrected chi connectivity index (χ2v) is 4.06. The third kappa shape index (κ3) is 2.87. The van der Waals surface area contributed by atoms with E-state index in [0.29, 0.717) is 6.07 Å². The molecule has 5 nitrogen and oxygen atoms in total. The summed E-state index contributed by atoms with van der Waals surface area (Å²) in [5.74, 6) is -2.35. The number of primary amides is 1. The quantitative estimate of drug-likeness (QED) is 0.862. The van der Waals surface area contributed by atoms with E-state index < -0.39 is 41.0 Å². The van der Waals surface area contributed by atoms with E-state index in [4.69, 9.17) is 5.73 Å². The summed E-state index contributed by atoms with van der Waals surface area (Å²) in [6.45, 7) is 0. The van der Waals surface area contributed by atoms with Crippen LogP contribution in [0.25, 0.3) is 5.82 Å². The van der Waals surface area contributed by atoms with E-state index in [1.165, 1.54) is 0 Å². The first-order valence-corrected chi connectivity index (χ1v) is 5.51. The summed E-state index contributed by atoms with van der Waals surface area (Å²) in [6, 6.07) is 1.81. The number of carbonyl (C=O) groups excluding carboxylic acids is 1. The van der Waals surface area contributed by atoms with Crippen LogP contribution in [-0.4, -0.2) is 20.7 Å². The Balaban J connectivity index is 2.73. The van der Waals surface area contributed by atoms with Crippen LogP contribution >= 0.6 is 0 Å². The van der Waals surface area contributed by atoms with E-state index in [9.17, 15) is 31.1 Å². The summed E-state index contributed by atoms with van der Waals surface area (Å²) >= 11 is 0. The van der Waals surface area contributed by atoms with Crippen molar-refractivity contribution in [1.29, 1.82) is 0 Å². The molecule has 2 rings (SSSR count). The van der Waals surface area contributed by atoms with Gasteiger partial charge in [-0.15, -0.1) is 0 Å². The Morgan fingerprint density at radius 2 is 1.77 bits per heavy atom. The highest BCUT2D eigenvalue weighted by atomic mass is 19.4. The number of amides is 1. The summed E-state index contributed by atoms with van der Waals surface area (Å²) in [5.41, 5.74) is 1.12. The lowest BCUT2D eigenvalue weighted by molar-refractivity contribution is -0.141. The predicted molar refractivity (Wildman–Crippen MR) is 59.9 cm³/mol. The van der Waals surface area contributed by atoms with Crippen molar-refractivity contribution in [3.8, 4) is 5.82 Å². The second-order valence-electron chi connectivity index (χ2n) is 4.06. The smallest absolute Gasteiger partial charge is 0.364 e. The highest BCUT2D eigenvalue weighted by molar-refractivity contribution is 5.91. The van der Waals surface area contributed by atoms with Gasteiger partial charge in [-0.3, -0.25) is 4.79 Å². The molecule has 0 atom stereocenters. The van der Waals surface area contributed by atoms with Gasteiger partial charge in [-0.25, -0.2) is 9.67 Å².